The number of anilines is 1. The number of hydrogen-bond acceptors (Lipinski definition) is 6. The van der Waals surface area contributed by atoms with Crippen molar-refractivity contribution in [3.05, 3.63) is 58.0 Å². The number of carbonyl (C=O) groups excluding carboxylic acids is 1. The number of aromatic nitrogens is 1. The highest BCUT2D eigenvalue weighted by atomic mass is 35.5. The molecule has 1 fully saturated rings. The number of halogens is 1. The Morgan fingerprint density at radius 1 is 1.15 bits per heavy atom. The number of rotatable bonds is 7. The van der Waals surface area contributed by atoms with E-state index >= 15 is 0 Å². The van der Waals surface area contributed by atoms with E-state index in [0.717, 1.165) is 0 Å². The molecule has 10 heteroatoms. The Morgan fingerprint density at radius 3 is 2.45 bits per heavy atom. The minimum atomic E-state index is -3.95. The third-order valence-corrected chi connectivity index (χ3v) is 8.93. The Kier molecular flexibility index (Phi) is 6.39. The maximum absolute atomic E-state index is 13.5. The van der Waals surface area contributed by atoms with Gasteiger partial charge in [-0.15, -0.1) is 0 Å². The summed E-state index contributed by atoms with van der Waals surface area (Å²) >= 11 is 5.92. The second kappa shape index (κ2) is 8.96. The van der Waals surface area contributed by atoms with E-state index in [0.29, 0.717) is 47.7 Å². The van der Waals surface area contributed by atoms with E-state index < -0.39 is 26.2 Å². The van der Waals surface area contributed by atoms with Gasteiger partial charge in [0.25, 0.3) is 0 Å². The minimum Gasteiger partial charge on any atom is -0.408 e. The summed E-state index contributed by atoms with van der Waals surface area (Å²) in [5.41, 5.74) is 1.35. The zero-order valence-electron chi connectivity index (χ0n) is 18.5. The number of nitrogens with one attached hydrogen (secondary N) is 1. The molecule has 0 aliphatic heterocycles. The molecule has 8 nitrogen and oxygen atoms in total. The molecule has 0 radical (unpaired) electrons. The van der Waals surface area contributed by atoms with Crippen molar-refractivity contribution in [1.82, 2.24) is 9.47 Å². The standard InChI is InChI=1S/C23H26ClN3O5S/c1-26(2)13-14-27-19-15-17(7-10-20(19)32-22(27)29)25-21(28)23(11-3-4-12-23)33(30,31)18-8-5-16(24)6-9-18/h5-10,15H,3-4,11-14H2,1-2H3,(H,25,28). The lowest BCUT2D eigenvalue weighted by Crippen LogP contribution is -2.47. The summed E-state index contributed by atoms with van der Waals surface area (Å²) in [6.45, 7) is 1.05. The predicted molar refractivity (Wildman–Crippen MR) is 127 cm³/mol. The highest BCUT2D eigenvalue weighted by Crippen LogP contribution is 2.41. The fraction of sp³-hybridized carbons (Fsp3) is 0.391. The van der Waals surface area contributed by atoms with E-state index in [4.69, 9.17) is 16.0 Å². The molecule has 0 unspecified atom stereocenters. The molecule has 0 saturated heterocycles. The van der Waals surface area contributed by atoms with Crippen molar-refractivity contribution < 1.29 is 17.6 Å². The van der Waals surface area contributed by atoms with Crippen LogP contribution >= 0.6 is 11.6 Å². The van der Waals surface area contributed by atoms with Gasteiger partial charge in [-0.05, 0) is 69.4 Å². The Morgan fingerprint density at radius 2 is 1.82 bits per heavy atom. The van der Waals surface area contributed by atoms with Crippen molar-refractivity contribution in [1.29, 1.82) is 0 Å². The molecule has 1 saturated carbocycles. The fourth-order valence-corrected chi connectivity index (χ4v) is 6.49. The molecule has 0 atom stereocenters. The molecule has 1 heterocycles. The Labute approximate surface area is 197 Å². The van der Waals surface area contributed by atoms with Crippen LogP contribution in [0.3, 0.4) is 0 Å². The van der Waals surface area contributed by atoms with Crippen molar-refractivity contribution >= 4 is 44.1 Å². The molecule has 1 N–H and O–H groups in total. The smallest absolute Gasteiger partial charge is 0.408 e. The maximum Gasteiger partial charge on any atom is 0.419 e. The number of oxazole rings is 1. The summed E-state index contributed by atoms with van der Waals surface area (Å²) in [5, 5.41) is 3.22. The third kappa shape index (κ3) is 4.32. The SMILES string of the molecule is CN(C)CCn1c(=O)oc2ccc(NC(=O)C3(S(=O)(=O)c4ccc(Cl)cc4)CCCC3)cc21. The first-order chi connectivity index (χ1) is 15.6. The number of nitrogens with zero attached hydrogens (tertiary/aromatic N) is 2. The lowest BCUT2D eigenvalue weighted by molar-refractivity contribution is -0.118. The van der Waals surface area contributed by atoms with Crippen LogP contribution in [0.4, 0.5) is 5.69 Å². The van der Waals surface area contributed by atoms with Crippen molar-refractivity contribution in [2.45, 2.75) is 41.9 Å². The molecule has 3 aromatic rings. The number of sulfone groups is 1. The Hall–Kier alpha value is -2.62. The molecule has 1 aromatic heterocycles. The molecule has 1 amide bonds. The van der Waals surface area contributed by atoms with Crippen molar-refractivity contribution in [2.24, 2.45) is 0 Å². The minimum absolute atomic E-state index is 0.0757. The van der Waals surface area contributed by atoms with Crippen LogP contribution in [0.1, 0.15) is 25.7 Å². The largest absolute Gasteiger partial charge is 0.419 e. The van der Waals surface area contributed by atoms with Gasteiger partial charge in [-0.3, -0.25) is 9.36 Å². The van der Waals surface area contributed by atoms with Crippen LogP contribution in [0, 0.1) is 0 Å². The molecule has 0 spiro atoms. The van der Waals surface area contributed by atoms with Gasteiger partial charge in [-0.1, -0.05) is 24.4 Å². The summed E-state index contributed by atoms with van der Waals surface area (Å²) < 4.78 is 32.3. The topological polar surface area (TPSA) is 102 Å². The van der Waals surface area contributed by atoms with Crippen LogP contribution in [0.15, 0.2) is 56.6 Å². The summed E-state index contributed by atoms with van der Waals surface area (Å²) in [4.78, 5) is 27.7. The van der Waals surface area contributed by atoms with Gasteiger partial charge in [-0.2, -0.15) is 0 Å². The summed E-state index contributed by atoms with van der Waals surface area (Å²) in [7, 11) is -0.143. The zero-order valence-corrected chi connectivity index (χ0v) is 20.1. The van der Waals surface area contributed by atoms with E-state index in [-0.39, 0.29) is 17.7 Å². The summed E-state index contributed by atoms with van der Waals surface area (Å²) in [5.74, 6) is -1.05. The van der Waals surface area contributed by atoms with Gasteiger partial charge in [0, 0.05) is 23.8 Å². The molecule has 0 bridgehead atoms. The van der Waals surface area contributed by atoms with Gasteiger partial charge in [0.05, 0.1) is 10.4 Å². The van der Waals surface area contributed by atoms with Crippen LogP contribution in [-0.2, 0) is 21.2 Å². The van der Waals surface area contributed by atoms with Crippen molar-refractivity contribution in [3.8, 4) is 0 Å². The van der Waals surface area contributed by atoms with Gasteiger partial charge >= 0.3 is 5.76 Å². The lowest BCUT2D eigenvalue weighted by Gasteiger charge is -2.27. The summed E-state index contributed by atoms with van der Waals surface area (Å²) in [6.07, 6.45) is 1.77. The molecule has 4 rings (SSSR count). The molecule has 33 heavy (non-hydrogen) atoms. The third-order valence-electron chi connectivity index (χ3n) is 6.16. The van der Waals surface area contributed by atoms with E-state index in [1.165, 1.54) is 28.8 Å². The van der Waals surface area contributed by atoms with Crippen LogP contribution < -0.4 is 11.1 Å². The van der Waals surface area contributed by atoms with E-state index in [1.54, 1.807) is 18.2 Å². The second-order valence-electron chi connectivity index (χ2n) is 8.62. The number of amides is 1. The average molecular weight is 492 g/mol. The highest BCUT2D eigenvalue weighted by molar-refractivity contribution is 7.93. The van der Waals surface area contributed by atoms with Crippen LogP contribution in [-0.4, -0.2) is 49.2 Å². The number of fused-ring (bicyclic) bond motifs is 1. The molecule has 1 aliphatic rings. The quantitative estimate of drug-likeness (QED) is 0.542. The highest BCUT2D eigenvalue weighted by Gasteiger charge is 2.53. The maximum atomic E-state index is 13.5. The van der Waals surface area contributed by atoms with Gasteiger partial charge in [0.2, 0.25) is 5.91 Å². The van der Waals surface area contributed by atoms with Crippen molar-refractivity contribution in [2.75, 3.05) is 26.0 Å². The monoisotopic (exact) mass is 491 g/mol. The van der Waals surface area contributed by atoms with Crippen LogP contribution in [0.25, 0.3) is 11.1 Å². The van der Waals surface area contributed by atoms with Gasteiger partial charge in [0.15, 0.2) is 20.2 Å². The zero-order chi connectivity index (χ0) is 23.8. The molecule has 2 aromatic carbocycles. The second-order valence-corrected chi connectivity index (χ2v) is 11.3. The fourth-order valence-electron chi connectivity index (χ4n) is 4.30. The number of carbonyl (C=O) groups is 1. The average Bonchev–Trinajstić information content (AvgIpc) is 3.38. The number of likely N-dealkylation sites (N-methyl/N-ethyl adjacent to an activating group) is 1. The molecule has 1 aliphatic carbocycles. The van der Waals surface area contributed by atoms with Crippen LogP contribution in [0.2, 0.25) is 5.02 Å². The molecular weight excluding hydrogens is 466 g/mol. The molecule has 176 valence electrons. The summed E-state index contributed by atoms with van der Waals surface area (Å²) in [6, 6.07) is 10.7. The van der Waals surface area contributed by atoms with Crippen molar-refractivity contribution in [3.63, 3.8) is 0 Å². The van der Waals surface area contributed by atoms with E-state index in [9.17, 15) is 18.0 Å². The molecular formula is C23H26ClN3O5S. The predicted octanol–water partition coefficient (Wildman–Crippen LogP) is 3.53. The van der Waals surface area contributed by atoms with Gasteiger partial charge in [-0.25, -0.2) is 13.2 Å². The normalized spacial score (nSPS) is 15.9. The van der Waals surface area contributed by atoms with E-state index in [2.05, 4.69) is 5.32 Å². The Bertz CT molecular complexity index is 1340. The number of benzene rings is 2. The van der Waals surface area contributed by atoms with Crippen LogP contribution in [0.5, 0.6) is 0 Å². The Balaban J connectivity index is 1.67. The first-order valence-corrected chi connectivity index (χ1v) is 12.6. The first-order valence-electron chi connectivity index (χ1n) is 10.7. The van der Waals surface area contributed by atoms with Gasteiger partial charge in [0.1, 0.15) is 0 Å². The number of hydrogen-bond donors (Lipinski definition) is 1. The lowest BCUT2D eigenvalue weighted by atomic mass is 10.1. The van der Waals surface area contributed by atoms with Gasteiger partial charge < -0.3 is 14.6 Å². The first kappa shape index (κ1) is 23.5. The van der Waals surface area contributed by atoms with E-state index in [1.807, 2.05) is 19.0 Å².